The smallest absolute Gasteiger partial charge is 0.108 e. The third-order valence-corrected chi connectivity index (χ3v) is 5.46. The van der Waals surface area contributed by atoms with E-state index in [-0.39, 0.29) is 0 Å². The van der Waals surface area contributed by atoms with Crippen molar-refractivity contribution in [2.45, 2.75) is 117 Å². The summed E-state index contributed by atoms with van der Waals surface area (Å²) in [5, 5.41) is 0. The molecule has 0 N–H and O–H groups in total. The molecule has 0 fully saturated rings. The fourth-order valence-corrected chi connectivity index (χ4v) is 3.49. The van der Waals surface area contributed by atoms with Crippen LogP contribution in [0.1, 0.15) is 114 Å². The molecule has 0 aliphatic heterocycles. The van der Waals surface area contributed by atoms with Gasteiger partial charge in [0.25, 0.3) is 0 Å². The zero-order valence-corrected chi connectivity index (χ0v) is 17.0. The van der Waals surface area contributed by atoms with Crippen molar-refractivity contribution in [1.82, 2.24) is 9.55 Å². The molecule has 0 amide bonds. The zero-order valence-electron chi connectivity index (χ0n) is 17.0. The van der Waals surface area contributed by atoms with Crippen LogP contribution >= 0.6 is 0 Å². The van der Waals surface area contributed by atoms with Gasteiger partial charge in [-0.1, -0.05) is 90.4 Å². The lowest BCUT2D eigenvalue weighted by Gasteiger charge is -2.04. The van der Waals surface area contributed by atoms with Crippen LogP contribution in [-0.4, -0.2) is 9.55 Å². The SMILES string of the molecule is CCCCCCCCCCCCCCCCc1nc(C)c(C)n1C. The molecule has 1 aromatic rings. The Morgan fingerprint density at radius 2 is 1.08 bits per heavy atom. The second kappa shape index (κ2) is 13.5. The summed E-state index contributed by atoms with van der Waals surface area (Å²) in [5.74, 6) is 1.27. The molecule has 0 bridgehead atoms. The number of imidazole rings is 1. The lowest BCUT2D eigenvalue weighted by atomic mass is 10.0. The molecular weight excluding hydrogens is 292 g/mol. The van der Waals surface area contributed by atoms with Gasteiger partial charge in [-0.05, 0) is 20.3 Å². The molecular formula is C22H42N2. The van der Waals surface area contributed by atoms with E-state index in [9.17, 15) is 0 Å². The van der Waals surface area contributed by atoms with Crippen molar-refractivity contribution in [1.29, 1.82) is 0 Å². The molecule has 0 saturated carbocycles. The molecule has 0 aliphatic rings. The maximum absolute atomic E-state index is 4.67. The quantitative estimate of drug-likeness (QED) is 0.314. The molecule has 0 saturated heterocycles. The van der Waals surface area contributed by atoms with Gasteiger partial charge in [0.1, 0.15) is 5.82 Å². The summed E-state index contributed by atoms with van der Waals surface area (Å²) in [6, 6.07) is 0. The summed E-state index contributed by atoms with van der Waals surface area (Å²) in [4.78, 5) is 4.67. The molecule has 0 atom stereocenters. The van der Waals surface area contributed by atoms with Crippen LogP contribution < -0.4 is 0 Å². The van der Waals surface area contributed by atoms with Crippen LogP contribution in [0.15, 0.2) is 0 Å². The average molecular weight is 335 g/mol. The van der Waals surface area contributed by atoms with Gasteiger partial charge in [-0.2, -0.15) is 0 Å². The number of hydrogen-bond acceptors (Lipinski definition) is 1. The van der Waals surface area contributed by atoms with Gasteiger partial charge in [-0.15, -0.1) is 0 Å². The predicted molar refractivity (Wildman–Crippen MR) is 107 cm³/mol. The van der Waals surface area contributed by atoms with Gasteiger partial charge < -0.3 is 4.57 Å². The Hall–Kier alpha value is -0.790. The second-order valence-corrected chi connectivity index (χ2v) is 7.60. The molecule has 1 rings (SSSR count). The Morgan fingerprint density at radius 1 is 0.667 bits per heavy atom. The number of aryl methyl sites for hydroxylation is 2. The normalized spacial score (nSPS) is 11.3. The highest BCUT2D eigenvalue weighted by Gasteiger charge is 2.06. The van der Waals surface area contributed by atoms with E-state index in [0.717, 1.165) is 6.42 Å². The van der Waals surface area contributed by atoms with Gasteiger partial charge in [0.15, 0.2) is 0 Å². The molecule has 0 unspecified atom stereocenters. The standard InChI is InChI=1S/C22H42N2/c1-5-6-7-8-9-10-11-12-13-14-15-16-17-18-19-22-23-20(2)21(3)24(22)4/h5-19H2,1-4H3. The first kappa shape index (κ1) is 21.3. The topological polar surface area (TPSA) is 17.8 Å². The minimum atomic E-state index is 1.14. The third-order valence-electron chi connectivity index (χ3n) is 5.46. The molecule has 140 valence electrons. The monoisotopic (exact) mass is 334 g/mol. The first-order chi connectivity index (χ1) is 11.7. The molecule has 2 nitrogen and oxygen atoms in total. The highest BCUT2D eigenvalue weighted by atomic mass is 15.1. The van der Waals surface area contributed by atoms with E-state index in [0.29, 0.717) is 0 Å². The van der Waals surface area contributed by atoms with Crippen molar-refractivity contribution >= 4 is 0 Å². The second-order valence-electron chi connectivity index (χ2n) is 7.60. The minimum absolute atomic E-state index is 1.14. The molecule has 0 aromatic carbocycles. The van der Waals surface area contributed by atoms with Crippen molar-refractivity contribution in [2.75, 3.05) is 0 Å². The van der Waals surface area contributed by atoms with E-state index in [1.165, 1.54) is 107 Å². The molecule has 1 heterocycles. The van der Waals surface area contributed by atoms with Crippen LogP contribution in [0.5, 0.6) is 0 Å². The average Bonchev–Trinajstić information content (AvgIpc) is 2.82. The Kier molecular flexibility index (Phi) is 12.0. The van der Waals surface area contributed by atoms with Gasteiger partial charge >= 0.3 is 0 Å². The maximum Gasteiger partial charge on any atom is 0.108 e. The molecule has 2 heteroatoms. The Labute approximate surface area is 151 Å². The Balaban J connectivity index is 1.85. The van der Waals surface area contributed by atoms with Crippen molar-refractivity contribution in [2.24, 2.45) is 7.05 Å². The summed E-state index contributed by atoms with van der Waals surface area (Å²) in [6.45, 7) is 6.57. The minimum Gasteiger partial charge on any atom is -0.335 e. The maximum atomic E-state index is 4.67. The van der Waals surface area contributed by atoms with E-state index in [4.69, 9.17) is 0 Å². The number of hydrogen-bond donors (Lipinski definition) is 0. The van der Waals surface area contributed by atoms with Gasteiger partial charge in [-0.25, -0.2) is 4.98 Å². The number of aromatic nitrogens is 2. The fraction of sp³-hybridized carbons (Fsp3) is 0.864. The largest absolute Gasteiger partial charge is 0.335 e. The Morgan fingerprint density at radius 3 is 1.46 bits per heavy atom. The van der Waals surface area contributed by atoms with Crippen LogP contribution in [-0.2, 0) is 13.5 Å². The van der Waals surface area contributed by atoms with Crippen molar-refractivity contribution in [3.8, 4) is 0 Å². The lowest BCUT2D eigenvalue weighted by Crippen LogP contribution is -1.99. The van der Waals surface area contributed by atoms with Crippen LogP contribution in [0.2, 0.25) is 0 Å². The molecule has 0 aliphatic carbocycles. The van der Waals surface area contributed by atoms with Crippen LogP contribution in [0, 0.1) is 13.8 Å². The summed E-state index contributed by atoms with van der Waals surface area (Å²) in [5.41, 5.74) is 2.51. The molecule has 1 aromatic heterocycles. The van der Waals surface area contributed by atoms with Crippen molar-refractivity contribution < 1.29 is 0 Å². The predicted octanol–water partition coefficient (Wildman–Crippen LogP) is 7.06. The Bertz CT molecular complexity index is 420. The molecule has 0 spiro atoms. The number of rotatable bonds is 15. The fourth-order valence-electron chi connectivity index (χ4n) is 3.49. The van der Waals surface area contributed by atoms with Gasteiger partial charge in [0.2, 0.25) is 0 Å². The highest BCUT2D eigenvalue weighted by Crippen LogP contribution is 2.14. The van der Waals surface area contributed by atoms with E-state index in [1.807, 2.05) is 0 Å². The number of unbranched alkanes of at least 4 members (excludes halogenated alkanes) is 13. The molecule has 24 heavy (non-hydrogen) atoms. The van der Waals surface area contributed by atoms with E-state index in [1.54, 1.807) is 0 Å². The first-order valence-electron chi connectivity index (χ1n) is 10.7. The van der Waals surface area contributed by atoms with Crippen LogP contribution in [0.4, 0.5) is 0 Å². The first-order valence-corrected chi connectivity index (χ1v) is 10.7. The van der Waals surface area contributed by atoms with Gasteiger partial charge in [0.05, 0.1) is 5.69 Å². The van der Waals surface area contributed by atoms with Gasteiger partial charge in [-0.3, -0.25) is 0 Å². The number of nitrogens with zero attached hydrogens (tertiary/aromatic N) is 2. The van der Waals surface area contributed by atoms with E-state index >= 15 is 0 Å². The van der Waals surface area contributed by atoms with Crippen LogP contribution in [0.25, 0.3) is 0 Å². The zero-order chi connectivity index (χ0) is 17.6. The lowest BCUT2D eigenvalue weighted by molar-refractivity contribution is 0.533. The summed E-state index contributed by atoms with van der Waals surface area (Å²) in [7, 11) is 2.15. The van der Waals surface area contributed by atoms with Crippen molar-refractivity contribution in [3.05, 3.63) is 17.2 Å². The van der Waals surface area contributed by atoms with E-state index in [2.05, 4.69) is 37.4 Å². The van der Waals surface area contributed by atoms with Crippen molar-refractivity contribution in [3.63, 3.8) is 0 Å². The van der Waals surface area contributed by atoms with Crippen LogP contribution in [0.3, 0.4) is 0 Å². The third kappa shape index (κ3) is 8.89. The highest BCUT2D eigenvalue weighted by molar-refractivity contribution is 5.13. The van der Waals surface area contributed by atoms with Gasteiger partial charge in [0, 0.05) is 19.2 Å². The molecule has 0 radical (unpaired) electrons. The summed E-state index contributed by atoms with van der Waals surface area (Å²) < 4.78 is 2.26. The summed E-state index contributed by atoms with van der Waals surface area (Å²) >= 11 is 0. The van der Waals surface area contributed by atoms with E-state index < -0.39 is 0 Å². The summed E-state index contributed by atoms with van der Waals surface area (Å²) in [6.07, 6.45) is 21.1.